The summed E-state index contributed by atoms with van der Waals surface area (Å²) in [5, 5.41) is 25.3. The molecule has 1 aliphatic rings. The van der Waals surface area contributed by atoms with Crippen LogP contribution in [0.15, 0.2) is 48.5 Å². The first-order chi connectivity index (χ1) is 14.2. The van der Waals surface area contributed by atoms with Gasteiger partial charge >= 0.3 is 29.6 Å². The van der Waals surface area contributed by atoms with Crippen molar-refractivity contribution in [1.29, 1.82) is 0 Å². The minimum atomic E-state index is -2.88. The molecule has 0 bridgehead atoms. The Morgan fingerprint density at radius 2 is 2.10 bits per heavy atom. The molecule has 1 fully saturated rings. The maximum absolute atomic E-state index is 10.9. The molecule has 5 nitrogen and oxygen atoms in total. The standard InChI is InChI=1S/C22H26ClNO4.Na/c23-18-7-1-6-17(10-18)21(25)13-24-19-8-2-4-15(11-19)16-5-3-9-20(12-16)28-14-22(26)27;/h1,3,5-7,9-10,12,15,19,21,24-25H,2,4,8,11,13-14H2,(H,26,27);/q;+1/p-1/t15-,19+,21+;/m1./s1/i14D2,22+1;. The van der Waals surface area contributed by atoms with Crippen LogP contribution in [-0.2, 0) is 4.79 Å². The summed E-state index contributed by atoms with van der Waals surface area (Å²) in [6, 6.07) is 14.3. The molecule has 3 rings (SSSR count). The molecular formula is C22H25ClNNaO4. The van der Waals surface area contributed by atoms with Crippen molar-refractivity contribution in [3.8, 4) is 5.75 Å². The fourth-order valence-electron chi connectivity index (χ4n) is 3.72. The fraction of sp³-hybridized carbons (Fsp3) is 0.409. The van der Waals surface area contributed by atoms with Crippen LogP contribution in [0, 0.1) is 0 Å². The number of aliphatic hydroxyl groups excluding tert-OH is 1. The third-order valence-corrected chi connectivity index (χ3v) is 5.32. The van der Waals surface area contributed by atoms with Gasteiger partial charge in [-0.05, 0) is 60.6 Å². The van der Waals surface area contributed by atoms with Gasteiger partial charge in [0.05, 0.1) is 14.8 Å². The van der Waals surface area contributed by atoms with Crippen molar-refractivity contribution >= 4 is 17.6 Å². The van der Waals surface area contributed by atoms with E-state index in [1.54, 1.807) is 24.3 Å². The van der Waals surface area contributed by atoms with E-state index in [-0.39, 0.29) is 47.3 Å². The van der Waals surface area contributed by atoms with Crippen LogP contribution in [0.5, 0.6) is 5.75 Å². The molecule has 2 aromatic carbocycles. The van der Waals surface area contributed by atoms with Crippen molar-refractivity contribution in [3.63, 3.8) is 0 Å². The van der Waals surface area contributed by atoms with Gasteiger partial charge < -0.3 is 25.1 Å². The van der Waals surface area contributed by atoms with E-state index in [1.165, 1.54) is 6.07 Å². The predicted octanol–water partition coefficient (Wildman–Crippen LogP) is -0.178. The molecule has 0 spiro atoms. The maximum Gasteiger partial charge on any atom is 1.00 e. The minimum Gasteiger partial charge on any atom is -0.546 e. The zero-order valence-corrected chi connectivity index (χ0v) is 19.2. The summed E-state index contributed by atoms with van der Waals surface area (Å²) < 4.78 is 19.7. The summed E-state index contributed by atoms with van der Waals surface area (Å²) in [6.07, 6.45) is 3.21. The van der Waals surface area contributed by atoms with Crippen molar-refractivity contribution < 1.29 is 52.0 Å². The number of rotatable bonds is 8. The molecule has 29 heavy (non-hydrogen) atoms. The number of carbonyl (C=O) groups excluding carboxylic acids is 1. The quantitative estimate of drug-likeness (QED) is 0.450. The molecule has 1 saturated carbocycles. The van der Waals surface area contributed by atoms with E-state index in [0.29, 0.717) is 11.6 Å². The molecule has 0 aliphatic heterocycles. The molecule has 0 saturated heterocycles. The molecule has 1 aliphatic carbocycles. The van der Waals surface area contributed by atoms with Crippen LogP contribution in [0.25, 0.3) is 0 Å². The third-order valence-electron chi connectivity index (χ3n) is 5.09. The number of ether oxygens (including phenoxy) is 1. The van der Waals surface area contributed by atoms with Gasteiger partial charge in [-0.1, -0.05) is 42.3 Å². The average molecular weight is 429 g/mol. The number of carbonyl (C=O) groups is 1. The number of carboxylic acids is 1. The molecule has 3 atom stereocenters. The van der Waals surface area contributed by atoms with E-state index in [9.17, 15) is 15.0 Å². The molecular weight excluding hydrogens is 402 g/mol. The number of carboxylic acid groups (broad SMARTS) is 1. The van der Waals surface area contributed by atoms with Crippen molar-refractivity contribution in [2.75, 3.05) is 13.1 Å². The average Bonchev–Trinajstić information content (AvgIpc) is 2.72. The predicted molar refractivity (Wildman–Crippen MR) is 106 cm³/mol. The van der Waals surface area contributed by atoms with Crippen LogP contribution in [0.1, 0.15) is 51.6 Å². The fourth-order valence-corrected chi connectivity index (χ4v) is 3.92. The largest absolute Gasteiger partial charge is 1.00 e. The molecule has 2 N–H and O–H groups in total. The molecule has 0 unspecified atom stereocenters. The van der Waals surface area contributed by atoms with Gasteiger partial charge in [-0.3, -0.25) is 0 Å². The monoisotopic (exact) mass is 428 g/mol. The Morgan fingerprint density at radius 3 is 2.86 bits per heavy atom. The molecule has 0 aromatic heterocycles. The van der Waals surface area contributed by atoms with E-state index in [1.807, 2.05) is 18.2 Å². The molecule has 7 heteroatoms. The van der Waals surface area contributed by atoms with Gasteiger partial charge in [0.2, 0.25) is 0 Å². The number of halogens is 1. The Balaban J connectivity index is 0.00000341. The molecule has 2 aromatic rings. The normalized spacial score (nSPS) is 21.3. The summed E-state index contributed by atoms with van der Waals surface area (Å²) in [4.78, 5) is 10.9. The number of aliphatic carboxylic acids is 1. The van der Waals surface area contributed by atoms with Gasteiger partial charge in [0.25, 0.3) is 0 Å². The second kappa shape index (κ2) is 11.9. The van der Waals surface area contributed by atoms with Gasteiger partial charge in [0.15, 0.2) is 0 Å². The number of benzene rings is 2. The van der Waals surface area contributed by atoms with Gasteiger partial charge in [-0.25, -0.2) is 0 Å². The van der Waals surface area contributed by atoms with Gasteiger partial charge in [-0.2, -0.15) is 0 Å². The second-order valence-electron chi connectivity index (χ2n) is 7.10. The number of aliphatic hydroxyl groups is 1. The Kier molecular flexibility index (Phi) is 8.71. The SMILES string of the molecule is [2H]C([2H])(Oc1cccc([C@@H]2CCC[C@H](NC[C@H](O)c3cccc(Cl)c3)C2)c1)[13C](=O)[O-].[Na+]. The first-order valence-electron chi connectivity index (χ1n) is 10.4. The Bertz CT molecular complexity index is 886. The van der Waals surface area contributed by atoms with Crippen LogP contribution in [0.2, 0.25) is 5.02 Å². The zero-order valence-electron chi connectivity index (χ0n) is 18.4. The van der Waals surface area contributed by atoms with Crippen LogP contribution < -0.4 is 44.7 Å². The summed E-state index contributed by atoms with van der Waals surface area (Å²) in [6.45, 7) is -2.46. The van der Waals surface area contributed by atoms with Crippen molar-refractivity contribution in [3.05, 3.63) is 64.7 Å². The van der Waals surface area contributed by atoms with E-state index < -0.39 is 18.6 Å². The van der Waals surface area contributed by atoms with Crippen molar-refractivity contribution in [2.24, 2.45) is 0 Å². The Hall–Kier alpha value is -1.08. The van der Waals surface area contributed by atoms with Crippen LogP contribution in [0.3, 0.4) is 0 Å². The smallest absolute Gasteiger partial charge is 0.546 e. The van der Waals surface area contributed by atoms with E-state index >= 15 is 0 Å². The van der Waals surface area contributed by atoms with E-state index in [2.05, 4.69) is 5.32 Å². The molecule has 0 radical (unpaired) electrons. The van der Waals surface area contributed by atoms with Gasteiger partial charge in [0, 0.05) is 17.6 Å². The number of hydrogen-bond acceptors (Lipinski definition) is 5. The maximum atomic E-state index is 10.9. The summed E-state index contributed by atoms with van der Waals surface area (Å²) in [5.74, 6) is -1.52. The summed E-state index contributed by atoms with van der Waals surface area (Å²) in [5.41, 5.74) is 1.75. The second-order valence-corrected chi connectivity index (χ2v) is 7.54. The Morgan fingerprint density at radius 1 is 1.31 bits per heavy atom. The van der Waals surface area contributed by atoms with E-state index in [0.717, 1.165) is 36.8 Å². The number of nitrogens with one attached hydrogen (secondary N) is 1. The van der Waals surface area contributed by atoms with Gasteiger partial charge in [0.1, 0.15) is 12.3 Å². The van der Waals surface area contributed by atoms with Crippen molar-refractivity contribution in [2.45, 2.75) is 43.7 Å². The van der Waals surface area contributed by atoms with Crippen molar-refractivity contribution in [1.82, 2.24) is 5.32 Å². The molecule has 0 amide bonds. The van der Waals surface area contributed by atoms with Crippen LogP contribution in [-0.4, -0.2) is 30.2 Å². The summed E-state index contributed by atoms with van der Waals surface area (Å²) in [7, 11) is 0. The third kappa shape index (κ3) is 7.59. The molecule has 0 heterocycles. The first kappa shape index (κ1) is 21.2. The first-order valence-corrected chi connectivity index (χ1v) is 9.80. The van der Waals surface area contributed by atoms with Crippen LogP contribution >= 0.6 is 11.6 Å². The minimum absolute atomic E-state index is 0. The topological polar surface area (TPSA) is 81.6 Å². The number of hydrogen-bond donors (Lipinski definition) is 2. The van der Waals surface area contributed by atoms with E-state index in [4.69, 9.17) is 19.1 Å². The van der Waals surface area contributed by atoms with Gasteiger partial charge in [-0.15, -0.1) is 0 Å². The molecule has 150 valence electrons. The van der Waals surface area contributed by atoms with Crippen LogP contribution in [0.4, 0.5) is 0 Å². The zero-order chi connectivity index (χ0) is 21.7. The Labute approximate surface area is 201 Å². The summed E-state index contributed by atoms with van der Waals surface area (Å²) >= 11 is 5.99.